The van der Waals surface area contributed by atoms with Crippen LogP contribution in [0.3, 0.4) is 0 Å². The molecule has 1 aromatic rings. The van der Waals surface area contributed by atoms with E-state index in [1.807, 2.05) is 0 Å². The molecular formula is C10H11ClO. The summed E-state index contributed by atoms with van der Waals surface area (Å²) >= 11 is 5.96. The summed E-state index contributed by atoms with van der Waals surface area (Å²) in [6.07, 6.45) is 3.64. The summed E-state index contributed by atoms with van der Waals surface area (Å²) in [7, 11) is 0. The molecule has 0 aromatic heterocycles. The van der Waals surface area contributed by atoms with Crippen LogP contribution in [0.4, 0.5) is 0 Å². The topological polar surface area (TPSA) is 20.2 Å². The molecule has 0 unspecified atom stereocenters. The van der Waals surface area contributed by atoms with Gasteiger partial charge in [0.25, 0.3) is 0 Å². The van der Waals surface area contributed by atoms with Crippen LogP contribution < -0.4 is 0 Å². The van der Waals surface area contributed by atoms with Crippen molar-refractivity contribution in [2.45, 2.75) is 19.3 Å². The molecule has 64 valence electrons. The zero-order valence-electron chi connectivity index (χ0n) is 6.76. The van der Waals surface area contributed by atoms with Gasteiger partial charge in [-0.05, 0) is 48.9 Å². The third-order valence-corrected chi connectivity index (χ3v) is 2.60. The molecule has 1 aliphatic rings. The van der Waals surface area contributed by atoms with Crippen LogP contribution in [-0.2, 0) is 6.42 Å². The van der Waals surface area contributed by atoms with Crippen LogP contribution >= 0.6 is 11.6 Å². The van der Waals surface area contributed by atoms with E-state index in [-0.39, 0.29) is 0 Å². The normalized spacial score (nSPS) is 16.4. The van der Waals surface area contributed by atoms with Crippen LogP contribution in [0, 0.1) is 5.92 Å². The highest BCUT2D eigenvalue weighted by Crippen LogP contribution is 2.35. The maximum atomic E-state index is 9.21. The molecule has 0 radical (unpaired) electrons. The average Bonchev–Trinajstić information content (AvgIpc) is 2.81. The number of hydrogen-bond acceptors (Lipinski definition) is 1. The fourth-order valence-electron chi connectivity index (χ4n) is 1.35. The van der Waals surface area contributed by atoms with Crippen molar-refractivity contribution in [1.29, 1.82) is 0 Å². The molecule has 1 aromatic carbocycles. The van der Waals surface area contributed by atoms with Gasteiger partial charge in [-0.1, -0.05) is 11.6 Å². The minimum atomic E-state index is 0.315. The molecule has 2 rings (SSSR count). The standard InChI is InChI=1S/C10H11ClO/c11-10-4-3-9(12)6-8(10)5-7-1-2-7/h3-4,6-7,12H,1-2,5H2. The number of aromatic hydroxyl groups is 1. The van der Waals surface area contributed by atoms with E-state index in [0.717, 1.165) is 22.9 Å². The molecule has 1 aliphatic carbocycles. The van der Waals surface area contributed by atoms with E-state index in [2.05, 4.69) is 0 Å². The van der Waals surface area contributed by atoms with Gasteiger partial charge in [-0.3, -0.25) is 0 Å². The molecule has 12 heavy (non-hydrogen) atoms. The third kappa shape index (κ3) is 1.72. The van der Waals surface area contributed by atoms with Crippen LogP contribution in [0.5, 0.6) is 5.75 Å². The molecule has 0 heterocycles. The van der Waals surface area contributed by atoms with Crippen molar-refractivity contribution in [2.75, 3.05) is 0 Å². The predicted molar refractivity (Wildman–Crippen MR) is 49.5 cm³/mol. The van der Waals surface area contributed by atoms with Gasteiger partial charge in [-0.2, -0.15) is 0 Å². The summed E-state index contributed by atoms with van der Waals surface area (Å²) in [5.41, 5.74) is 1.08. The lowest BCUT2D eigenvalue weighted by Crippen LogP contribution is -1.87. The Morgan fingerprint density at radius 2 is 2.17 bits per heavy atom. The van der Waals surface area contributed by atoms with Crippen molar-refractivity contribution in [3.63, 3.8) is 0 Å². The van der Waals surface area contributed by atoms with Gasteiger partial charge in [-0.25, -0.2) is 0 Å². The van der Waals surface area contributed by atoms with Crippen molar-refractivity contribution in [2.24, 2.45) is 5.92 Å². The van der Waals surface area contributed by atoms with Gasteiger partial charge in [0.1, 0.15) is 5.75 Å². The molecule has 1 nitrogen and oxygen atoms in total. The summed E-state index contributed by atoms with van der Waals surface area (Å²) in [4.78, 5) is 0. The SMILES string of the molecule is Oc1ccc(Cl)c(CC2CC2)c1. The molecule has 2 heteroatoms. The smallest absolute Gasteiger partial charge is 0.115 e. The first-order chi connectivity index (χ1) is 5.75. The van der Waals surface area contributed by atoms with E-state index >= 15 is 0 Å². The predicted octanol–water partition coefficient (Wildman–Crippen LogP) is 3.00. The Kier molecular flexibility index (Phi) is 1.97. The lowest BCUT2D eigenvalue weighted by molar-refractivity contribution is 0.474. The molecule has 0 atom stereocenters. The van der Waals surface area contributed by atoms with Gasteiger partial charge in [0.05, 0.1) is 0 Å². The summed E-state index contributed by atoms with van der Waals surface area (Å²) in [6, 6.07) is 5.15. The van der Waals surface area contributed by atoms with Gasteiger partial charge in [0.2, 0.25) is 0 Å². The fourth-order valence-corrected chi connectivity index (χ4v) is 1.55. The first-order valence-corrected chi connectivity index (χ1v) is 4.61. The van der Waals surface area contributed by atoms with Crippen molar-refractivity contribution in [1.82, 2.24) is 0 Å². The summed E-state index contributed by atoms with van der Waals surface area (Å²) in [5.74, 6) is 1.12. The Morgan fingerprint density at radius 1 is 1.42 bits per heavy atom. The Labute approximate surface area is 77.0 Å². The van der Waals surface area contributed by atoms with Crippen LogP contribution in [0.1, 0.15) is 18.4 Å². The Morgan fingerprint density at radius 3 is 2.83 bits per heavy atom. The minimum absolute atomic E-state index is 0.315. The van der Waals surface area contributed by atoms with Crippen molar-refractivity contribution in [3.05, 3.63) is 28.8 Å². The van der Waals surface area contributed by atoms with E-state index < -0.39 is 0 Å². The number of phenolic OH excluding ortho intramolecular Hbond substituents is 1. The van der Waals surface area contributed by atoms with E-state index in [4.69, 9.17) is 11.6 Å². The van der Waals surface area contributed by atoms with E-state index in [1.165, 1.54) is 12.8 Å². The molecule has 0 spiro atoms. The van der Waals surface area contributed by atoms with Gasteiger partial charge < -0.3 is 5.11 Å². The van der Waals surface area contributed by atoms with Gasteiger partial charge in [-0.15, -0.1) is 0 Å². The van der Waals surface area contributed by atoms with Gasteiger partial charge in [0, 0.05) is 5.02 Å². The fraction of sp³-hybridized carbons (Fsp3) is 0.400. The summed E-state index contributed by atoms with van der Waals surface area (Å²) < 4.78 is 0. The number of rotatable bonds is 2. The second-order valence-electron chi connectivity index (χ2n) is 3.42. The zero-order valence-corrected chi connectivity index (χ0v) is 7.51. The van der Waals surface area contributed by atoms with E-state index in [0.29, 0.717) is 5.75 Å². The van der Waals surface area contributed by atoms with Gasteiger partial charge in [0.15, 0.2) is 0 Å². The van der Waals surface area contributed by atoms with Crippen LogP contribution in [0.2, 0.25) is 5.02 Å². The van der Waals surface area contributed by atoms with Crippen LogP contribution in [-0.4, -0.2) is 5.11 Å². The maximum absolute atomic E-state index is 9.21. The number of halogens is 1. The quantitative estimate of drug-likeness (QED) is 0.746. The average molecular weight is 183 g/mol. The second-order valence-corrected chi connectivity index (χ2v) is 3.83. The Hall–Kier alpha value is -0.690. The Balaban J connectivity index is 2.21. The highest BCUT2D eigenvalue weighted by Gasteiger charge is 2.22. The van der Waals surface area contributed by atoms with Crippen molar-refractivity contribution >= 4 is 11.6 Å². The van der Waals surface area contributed by atoms with Crippen LogP contribution in [0.15, 0.2) is 18.2 Å². The van der Waals surface area contributed by atoms with Crippen LogP contribution in [0.25, 0.3) is 0 Å². The zero-order chi connectivity index (χ0) is 8.55. The van der Waals surface area contributed by atoms with E-state index in [9.17, 15) is 5.11 Å². The highest BCUT2D eigenvalue weighted by molar-refractivity contribution is 6.31. The maximum Gasteiger partial charge on any atom is 0.115 e. The molecule has 1 N–H and O–H groups in total. The van der Waals surface area contributed by atoms with Crippen molar-refractivity contribution < 1.29 is 5.11 Å². The van der Waals surface area contributed by atoms with Crippen molar-refractivity contribution in [3.8, 4) is 5.75 Å². The monoisotopic (exact) mass is 182 g/mol. The number of phenols is 1. The molecule has 0 saturated heterocycles. The molecule has 1 saturated carbocycles. The third-order valence-electron chi connectivity index (χ3n) is 2.23. The molecular weight excluding hydrogens is 172 g/mol. The lowest BCUT2D eigenvalue weighted by Gasteiger charge is -2.02. The van der Waals surface area contributed by atoms with E-state index in [1.54, 1.807) is 18.2 Å². The number of benzene rings is 1. The Bertz CT molecular complexity index is 292. The second kappa shape index (κ2) is 2.98. The first kappa shape index (κ1) is 7.93. The molecule has 1 fully saturated rings. The first-order valence-electron chi connectivity index (χ1n) is 4.23. The lowest BCUT2D eigenvalue weighted by atomic mass is 10.1. The minimum Gasteiger partial charge on any atom is -0.508 e. The summed E-state index contributed by atoms with van der Waals surface area (Å²) in [6.45, 7) is 0. The largest absolute Gasteiger partial charge is 0.508 e. The highest BCUT2D eigenvalue weighted by atomic mass is 35.5. The molecule has 0 bridgehead atoms. The number of hydrogen-bond donors (Lipinski definition) is 1. The molecule has 0 amide bonds. The van der Waals surface area contributed by atoms with Gasteiger partial charge >= 0.3 is 0 Å². The summed E-state index contributed by atoms with van der Waals surface area (Å²) in [5, 5.41) is 9.99. The molecule has 0 aliphatic heterocycles.